The van der Waals surface area contributed by atoms with Crippen LogP contribution in [0.3, 0.4) is 0 Å². The summed E-state index contributed by atoms with van der Waals surface area (Å²) in [5.74, 6) is -0.585. The monoisotopic (exact) mass is 441 g/mol. The molecule has 3 rings (SSSR count). The highest BCUT2D eigenvalue weighted by Crippen LogP contribution is 2.25. The normalized spacial score (nSPS) is 11.4. The number of anilines is 1. The number of carbonyl (C=O) groups is 1. The molecule has 6 nitrogen and oxygen atoms in total. The van der Waals surface area contributed by atoms with E-state index in [1.54, 1.807) is 36.4 Å². The molecule has 0 aromatic heterocycles. The van der Waals surface area contributed by atoms with Crippen molar-refractivity contribution in [1.29, 1.82) is 0 Å². The Hall–Kier alpha value is -3.16. The van der Waals surface area contributed by atoms with Crippen LogP contribution in [-0.4, -0.2) is 27.1 Å². The topological polar surface area (TPSA) is 78.8 Å². The van der Waals surface area contributed by atoms with Crippen LogP contribution in [0.2, 0.25) is 5.02 Å². The van der Waals surface area contributed by atoms with Crippen molar-refractivity contribution in [1.82, 2.24) is 5.43 Å². The summed E-state index contributed by atoms with van der Waals surface area (Å²) >= 11 is 6.04. The van der Waals surface area contributed by atoms with Crippen LogP contribution in [0.5, 0.6) is 0 Å². The summed E-state index contributed by atoms with van der Waals surface area (Å²) in [6.45, 7) is 1.52. The third-order valence-electron chi connectivity index (χ3n) is 4.19. The first-order chi connectivity index (χ1) is 14.4. The molecule has 0 spiro atoms. The van der Waals surface area contributed by atoms with E-state index in [9.17, 15) is 13.2 Å². The van der Waals surface area contributed by atoms with E-state index < -0.39 is 22.5 Å². The van der Waals surface area contributed by atoms with Crippen molar-refractivity contribution in [2.75, 3.05) is 10.8 Å². The van der Waals surface area contributed by atoms with Gasteiger partial charge in [0.2, 0.25) is 0 Å². The molecule has 154 valence electrons. The third kappa shape index (κ3) is 5.46. The second kappa shape index (κ2) is 9.56. The predicted molar refractivity (Wildman–Crippen MR) is 119 cm³/mol. The predicted octanol–water partition coefficient (Wildman–Crippen LogP) is 3.99. The van der Waals surface area contributed by atoms with Gasteiger partial charge in [-0.05, 0) is 42.8 Å². The lowest BCUT2D eigenvalue weighted by molar-refractivity contribution is -0.119. The number of hydrogen-bond acceptors (Lipinski definition) is 4. The molecule has 0 radical (unpaired) electrons. The summed E-state index contributed by atoms with van der Waals surface area (Å²) in [7, 11) is -3.99. The number of aryl methyl sites for hydroxylation is 1. The molecule has 0 bridgehead atoms. The third-order valence-corrected chi connectivity index (χ3v) is 6.22. The molecule has 3 aromatic rings. The maximum Gasteiger partial charge on any atom is 0.264 e. The number of carbonyl (C=O) groups excluding carboxylic acids is 1. The summed E-state index contributed by atoms with van der Waals surface area (Å²) in [4.78, 5) is 12.5. The smallest absolute Gasteiger partial charge is 0.264 e. The first-order valence-corrected chi connectivity index (χ1v) is 10.9. The Bertz CT molecular complexity index is 1150. The molecule has 0 aliphatic rings. The fourth-order valence-electron chi connectivity index (χ4n) is 2.66. The molecule has 0 saturated heterocycles. The van der Waals surface area contributed by atoms with Gasteiger partial charge in [0.25, 0.3) is 15.9 Å². The minimum absolute atomic E-state index is 0.0703. The van der Waals surface area contributed by atoms with Gasteiger partial charge in [0.05, 0.1) is 16.8 Å². The van der Waals surface area contributed by atoms with Gasteiger partial charge in [-0.3, -0.25) is 9.10 Å². The van der Waals surface area contributed by atoms with E-state index in [0.717, 1.165) is 15.4 Å². The van der Waals surface area contributed by atoms with E-state index in [1.165, 1.54) is 24.4 Å². The zero-order valence-corrected chi connectivity index (χ0v) is 17.8. The van der Waals surface area contributed by atoms with Gasteiger partial charge in [-0.1, -0.05) is 65.7 Å². The molecule has 30 heavy (non-hydrogen) atoms. The van der Waals surface area contributed by atoms with Crippen LogP contribution in [0.4, 0.5) is 5.69 Å². The van der Waals surface area contributed by atoms with Gasteiger partial charge in [0.1, 0.15) is 6.54 Å². The minimum atomic E-state index is -3.99. The van der Waals surface area contributed by atoms with Crippen molar-refractivity contribution in [3.8, 4) is 0 Å². The van der Waals surface area contributed by atoms with Crippen LogP contribution in [0.1, 0.15) is 11.1 Å². The van der Waals surface area contributed by atoms with Gasteiger partial charge in [-0.15, -0.1) is 0 Å². The quantitative estimate of drug-likeness (QED) is 0.444. The van der Waals surface area contributed by atoms with Crippen molar-refractivity contribution in [2.24, 2.45) is 5.10 Å². The van der Waals surface area contributed by atoms with E-state index in [1.807, 2.05) is 31.2 Å². The molecular weight excluding hydrogens is 422 g/mol. The number of amides is 1. The number of hydrogen-bond donors (Lipinski definition) is 1. The molecule has 0 atom stereocenters. The first kappa shape index (κ1) is 21.5. The van der Waals surface area contributed by atoms with E-state index in [-0.39, 0.29) is 10.6 Å². The second-order valence-electron chi connectivity index (χ2n) is 6.51. The van der Waals surface area contributed by atoms with Crippen LogP contribution in [0, 0.1) is 6.92 Å². The average Bonchev–Trinajstić information content (AvgIpc) is 2.74. The summed E-state index contributed by atoms with van der Waals surface area (Å²) in [5, 5.41) is 4.28. The van der Waals surface area contributed by atoms with Crippen molar-refractivity contribution in [3.63, 3.8) is 0 Å². The molecule has 0 aliphatic carbocycles. The highest BCUT2D eigenvalue weighted by atomic mass is 35.5. The molecule has 0 aliphatic heterocycles. The Morgan fingerprint density at radius 3 is 2.40 bits per heavy atom. The maximum absolute atomic E-state index is 13.2. The van der Waals surface area contributed by atoms with Crippen molar-refractivity contribution < 1.29 is 13.2 Å². The summed E-state index contributed by atoms with van der Waals surface area (Å²) < 4.78 is 27.3. The van der Waals surface area contributed by atoms with Gasteiger partial charge in [-0.25, -0.2) is 13.8 Å². The average molecular weight is 442 g/mol. The maximum atomic E-state index is 13.2. The number of nitrogens with zero attached hydrogens (tertiary/aromatic N) is 2. The van der Waals surface area contributed by atoms with Crippen LogP contribution in [0.25, 0.3) is 0 Å². The lowest BCUT2D eigenvalue weighted by atomic mass is 10.2. The summed E-state index contributed by atoms with van der Waals surface area (Å²) in [6, 6.07) is 21.8. The Morgan fingerprint density at radius 2 is 1.73 bits per heavy atom. The highest BCUT2D eigenvalue weighted by molar-refractivity contribution is 7.92. The Balaban J connectivity index is 1.82. The molecule has 3 aromatic carbocycles. The first-order valence-electron chi connectivity index (χ1n) is 9.08. The van der Waals surface area contributed by atoms with Gasteiger partial charge in [0.15, 0.2) is 0 Å². The molecule has 0 fully saturated rings. The number of halogens is 1. The zero-order chi connectivity index (χ0) is 21.6. The standard InChI is InChI=1S/C22H20ClN3O3S/c1-17-10-12-18(13-11-17)15-24-25-22(27)16-26(20-7-5-6-19(23)14-20)30(28,29)21-8-3-2-4-9-21/h2-15H,16H2,1H3,(H,25,27)/b24-15-. The van der Waals surface area contributed by atoms with Crippen molar-refractivity contribution in [2.45, 2.75) is 11.8 Å². The molecule has 8 heteroatoms. The molecular formula is C22H20ClN3O3S. The summed E-state index contributed by atoms with van der Waals surface area (Å²) in [6.07, 6.45) is 1.49. The second-order valence-corrected chi connectivity index (χ2v) is 8.81. The Kier molecular flexibility index (Phi) is 6.87. The van der Waals surface area contributed by atoms with E-state index >= 15 is 0 Å². The molecule has 0 saturated carbocycles. The van der Waals surface area contributed by atoms with Gasteiger partial charge >= 0.3 is 0 Å². The van der Waals surface area contributed by atoms with E-state index in [4.69, 9.17) is 11.6 Å². The molecule has 0 unspecified atom stereocenters. The van der Waals surface area contributed by atoms with Crippen LogP contribution in [-0.2, 0) is 14.8 Å². The van der Waals surface area contributed by atoms with Gasteiger partial charge < -0.3 is 0 Å². The number of benzene rings is 3. The fraction of sp³-hybridized carbons (Fsp3) is 0.0909. The lowest BCUT2D eigenvalue weighted by Gasteiger charge is -2.23. The van der Waals surface area contributed by atoms with Crippen LogP contribution < -0.4 is 9.73 Å². The number of sulfonamides is 1. The summed E-state index contributed by atoms with van der Waals surface area (Å²) in [5.41, 5.74) is 4.58. The van der Waals surface area contributed by atoms with Crippen LogP contribution >= 0.6 is 11.6 Å². The Morgan fingerprint density at radius 1 is 1.03 bits per heavy atom. The number of hydrazone groups is 1. The van der Waals surface area contributed by atoms with Gasteiger partial charge in [-0.2, -0.15) is 5.10 Å². The zero-order valence-electron chi connectivity index (χ0n) is 16.2. The molecule has 0 heterocycles. The van der Waals surface area contributed by atoms with E-state index in [0.29, 0.717) is 5.02 Å². The van der Waals surface area contributed by atoms with Crippen LogP contribution in [0.15, 0.2) is 88.9 Å². The molecule has 1 N–H and O–H groups in total. The lowest BCUT2D eigenvalue weighted by Crippen LogP contribution is -2.39. The highest BCUT2D eigenvalue weighted by Gasteiger charge is 2.27. The number of nitrogens with one attached hydrogen (secondary N) is 1. The van der Waals surface area contributed by atoms with Gasteiger partial charge in [0, 0.05) is 5.02 Å². The van der Waals surface area contributed by atoms with Crippen molar-refractivity contribution in [3.05, 3.63) is 95.0 Å². The SMILES string of the molecule is Cc1ccc(/C=N\NC(=O)CN(c2cccc(Cl)c2)S(=O)(=O)c2ccccc2)cc1. The Labute approximate surface area is 180 Å². The van der Waals surface area contributed by atoms with E-state index in [2.05, 4.69) is 10.5 Å². The number of rotatable bonds is 7. The largest absolute Gasteiger partial charge is 0.271 e. The minimum Gasteiger partial charge on any atom is -0.271 e. The molecule has 1 amide bonds. The van der Waals surface area contributed by atoms with Crippen molar-refractivity contribution >= 4 is 39.4 Å². The fourth-order valence-corrected chi connectivity index (χ4v) is 4.28.